The largest absolute Gasteiger partial charge is 0.469 e. The summed E-state index contributed by atoms with van der Waals surface area (Å²) >= 11 is 0. The van der Waals surface area contributed by atoms with E-state index < -0.39 is 5.41 Å². The Bertz CT molecular complexity index is 669. The maximum atomic E-state index is 13.3. The van der Waals surface area contributed by atoms with Crippen molar-refractivity contribution in [2.75, 3.05) is 7.11 Å². The fourth-order valence-corrected chi connectivity index (χ4v) is 7.72. The van der Waals surface area contributed by atoms with Crippen molar-refractivity contribution in [3.63, 3.8) is 0 Å². The summed E-state index contributed by atoms with van der Waals surface area (Å²) in [6.45, 7) is 6.32. The summed E-state index contributed by atoms with van der Waals surface area (Å²) in [5, 5.41) is 0. The molecule has 0 radical (unpaired) electrons. The Morgan fingerprint density at radius 3 is 2.44 bits per heavy atom. The summed E-state index contributed by atoms with van der Waals surface area (Å²) in [6, 6.07) is 0. The highest BCUT2D eigenvalue weighted by atomic mass is 16.5. The van der Waals surface area contributed by atoms with Crippen molar-refractivity contribution in [1.29, 1.82) is 0 Å². The van der Waals surface area contributed by atoms with Gasteiger partial charge in [0.1, 0.15) is 11.6 Å². The Kier molecular flexibility index (Phi) is 3.41. The van der Waals surface area contributed by atoms with Gasteiger partial charge in [0.05, 0.1) is 12.5 Å². The van der Waals surface area contributed by atoms with E-state index in [9.17, 15) is 14.4 Å². The van der Waals surface area contributed by atoms with Crippen LogP contribution in [0.4, 0.5) is 0 Å². The Morgan fingerprint density at radius 1 is 1.04 bits per heavy atom. The molecule has 0 aromatic rings. The molecule has 4 aliphatic rings. The number of Topliss-reactive ketones (excluding diaryl/α,β-unsaturated/α-hetero) is 2. The van der Waals surface area contributed by atoms with Crippen molar-refractivity contribution in [1.82, 2.24) is 0 Å². The highest BCUT2D eigenvalue weighted by molar-refractivity contribution is 5.93. The maximum absolute atomic E-state index is 13.3. The van der Waals surface area contributed by atoms with Crippen molar-refractivity contribution in [2.24, 2.45) is 33.5 Å². The molecule has 0 heterocycles. The molecule has 4 saturated carbocycles. The van der Waals surface area contributed by atoms with Crippen LogP contribution in [0.2, 0.25) is 0 Å². The van der Waals surface area contributed by atoms with Gasteiger partial charge in [0.15, 0.2) is 0 Å². The lowest BCUT2D eigenvalue weighted by molar-refractivity contribution is -0.197. The van der Waals surface area contributed by atoms with E-state index in [0.29, 0.717) is 18.6 Å². The second-order valence-corrected chi connectivity index (χ2v) is 10.0. The van der Waals surface area contributed by atoms with Gasteiger partial charge in [0.2, 0.25) is 0 Å². The molecule has 138 valence electrons. The van der Waals surface area contributed by atoms with E-state index in [4.69, 9.17) is 4.74 Å². The first-order valence-corrected chi connectivity index (χ1v) is 9.77. The first kappa shape index (κ1) is 17.2. The van der Waals surface area contributed by atoms with Gasteiger partial charge in [-0.2, -0.15) is 0 Å². The number of hydrogen-bond acceptors (Lipinski definition) is 4. The standard InChI is InChI=1S/C21H30O4/c1-18-8-9-21(12-18)13(11-15(18)23)10-14(22)16-19(2,17(24)25-4)6-5-7-20(16,21)3/h13,16H,5-12H2,1-4H3/t13-,16-,18-,19+,20-,21-/m0/s1. The zero-order valence-electron chi connectivity index (χ0n) is 15.9. The lowest BCUT2D eigenvalue weighted by atomic mass is 9.38. The van der Waals surface area contributed by atoms with Crippen molar-refractivity contribution in [3.05, 3.63) is 0 Å². The van der Waals surface area contributed by atoms with Gasteiger partial charge in [0.25, 0.3) is 0 Å². The summed E-state index contributed by atoms with van der Waals surface area (Å²) in [5.41, 5.74) is -1.11. The Labute approximate surface area is 150 Å². The number of ketones is 2. The van der Waals surface area contributed by atoms with Crippen molar-refractivity contribution in [3.8, 4) is 0 Å². The van der Waals surface area contributed by atoms with Gasteiger partial charge in [-0.25, -0.2) is 0 Å². The van der Waals surface area contributed by atoms with Crippen LogP contribution in [-0.2, 0) is 19.1 Å². The van der Waals surface area contributed by atoms with Crippen molar-refractivity contribution >= 4 is 17.5 Å². The fourth-order valence-electron chi connectivity index (χ4n) is 7.72. The molecule has 0 saturated heterocycles. The molecule has 0 N–H and O–H groups in total. The molecule has 0 unspecified atom stereocenters. The van der Waals surface area contributed by atoms with Gasteiger partial charge >= 0.3 is 5.97 Å². The van der Waals surface area contributed by atoms with Crippen LogP contribution < -0.4 is 0 Å². The number of rotatable bonds is 1. The molecule has 4 fully saturated rings. The average molecular weight is 346 g/mol. The molecule has 0 aromatic carbocycles. The molecule has 0 aromatic heterocycles. The van der Waals surface area contributed by atoms with Crippen molar-refractivity contribution in [2.45, 2.75) is 72.1 Å². The van der Waals surface area contributed by atoms with Crippen LogP contribution in [0, 0.1) is 33.5 Å². The molecule has 4 nitrogen and oxygen atoms in total. The zero-order valence-corrected chi connectivity index (χ0v) is 15.9. The minimum absolute atomic E-state index is 0.0317. The number of methoxy groups -OCH3 is 1. The monoisotopic (exact) mass is 346 g/mol. The maximum Gasteiger partial charge on any atom is 0.312 e. The molecule has 4 heteroatoms. The van der Waals surface area contributed by atoms with Gasteiger partial charge in [-0.3, -0.25) is 14.4 Å². The summed E-state index contributed by atoms with van der Waals surface area (Å²) in [6.07, 6.45) is 6.55. The molecular weight excluding hydrogens is 316 g/mol. The first-order chi connectivity index (χ1) is 11.6. The summed E-state index contributed by atoms with van der Waals surface area (Å²) in [5.74, 6) is 0.206. The van der Waals surface area contributed by atoms with E-state index in [2.05, 4.69) is 13.8 Å². The van der Waals surface area contributed by atoms with Crippen LogP contribution in [0.3, 0.4) is 0 Å². The van der Waals surface area contributed by atoms with Gasteiger partial charge in [-0.1, -0.05) is 20.3 Å². The number of esters is 1. The number of ether oxygens (including phenoxy) is 1. The van der Waals surface area contributed by atoms with Crippen LogP contribution in [-0.4, -0.2) is 24.6 Å². The third-order valence-electron chi connectivity index (χ3n) is 8.94. The SMILES string of the molecule is COC(=O)[C@]1(C)CCC[C@@]2(C)[C@H]1C(=O)C[C@H]1CC(=O)[C@@]3(C)CC[C@]12C3. The van der Waals surface area contributed by atoms with Crippen LogP contribution in [0.15, 0.2) is 0 Å². The molecular formula is C21H30O4. The Hall–Kier alpha value is -1.19. The topological polar surface area (TPSA) is 60.4 Å². The van der Waals surface area contributed by atoms with E-state index in [0.717, 1.165) is 38.5 Å². The third kappa shape index (κ3) is 1.86. The van der Waals surface area contributed by atoms with Gasteiger partial charge in [0, 0.05) is 24.2 Å². The van der Waals surface area contributed by atoms with Gasteiger partial charge in [-0.05, 0) is 55.8 Å². The molecule has 1 spiro atoms. The minimum atomic E-state index is -0.723. The van der Waals surface area contributed by atoms with Crippen LogP contribution in [0.25, 0.3) is 0 Å². The third-order valence-corrected chi connectivity index (χ3v) is 8.94. The molecule has 0 aliphatic heterocycles. The molecule has 4 rings (SSSR count). The molecule has 0 amide bonds. The highest BCUT2D eigenvalue weighted by Crippen LogP contribution is 2.75. The Morgan fingerprint density at radius 2 is 1.76 bits per heavy atom. The minimum Gasteiger partial charge on any atom is -0.469 e. The second-order valence-electron chi connectivity index (χ2n) is 10.0. The van der Waals surface area contributed by atoms with Gasteiger partial charge in [-0.15, -0.1) is 0 Å². The van der Waals surface area contributed by atoms with E-state index in [-0.39, 0.29) is 39.8 Å². The first-order valence-electron chi connectivity index (χ1n) is 9.77. The lowest BCUT2D eigenvalue weighted by Crippen LogP contribution is -2.64. The van der Waals surface area contributed by atoms with Gasteiger partial charge < -0.3 is 4.74 Å². The lowest BCUT2D eigenvalue weighted by Gasteiger charge is -2.64. The van der Waals surface area contributed by atoms with Crippen molar-refractivity contribution < 1.29 is 19.1 Å². The quantitative estimate of drug-likeness (QED) is 0.679. The average Bonchev–Trinajstić information content (AvgIpc) is 2.88. The predicted octanol–water partition coefficient (Wildman–Crippen LogP) is 3.71. The molecule has 6 atom stereocenters. The van der Waals surface area contributed by atoms with Crippen LogP contribution in [0.1, 0.15) is 72.1 Å². The van der Waals surface area contributed by atoms with Crippen LogP contribution in [0.5, 0.6) is 0 Å². The summed E-state index contributed by atoms with van der Waals surface area (Å²) in [7, 11) is 1.43. The smallest absolute Gasteiger partial charge is 0.312 e. The fraction of sp³-hybridized carbons (Fsp3) is 0.857. The van der Waals surface area contributed by atoms with E-state index in [1.165, 1.54) is 7.11 Å². The normalized spacial score (nSPS) is 51.7. The van der Waals surface area contributed by atoms with E-state index in [1.807, 2.05) is 6.92 Å². The number of fused-ring (bicyclic) bond motifs is 2. The summed E-state index contributed by atoms with van der Waals surface area (Å²) < 4.78 is 5.14. The molecule has 2 bridgehead atoms. The number of carbonyl (C=O) groups is 3. The highest BCUT2D eigenvalue weighted by Gasteiger charge is 2.72. The summed E-state index contributed by atoms with van der Waals surface area (Å²) in [4.78, 5) is 38.6. The van der Waals surface area contributed by atoms with Crippen LogP contribution >= 0.6 is 0 Å². The zero-order chi connectivity index (χ0) is 18.3. The number of carbonyl (C=O) groups excluding carboxylic acids is 3. The Balaban J connectivity index is 1.85. The molecule has 4 aliphatic carbocycles. The van der Waals surface area contributed by atoms with E-state index in [1.54, 1.807) is 0 Å². The molecule has 25 heavy (non-hydrogen) atoms. The predicted molar refractivity (Wildman–Crippen MR) is 92.7 cm³/mol. The van der Waals surface area contributed by atoms with E-state index >= 15 is 0 Å². The second kappa shape index (κ2) is 4.95. The number of hydrogen-bond donors (Lipinski definition) is 0.